The Labute approximate surface area is 122 Å². The molecule has 1 aromatic carbocycles. The van der Waals surface area contributed by atoms with Gasteiger partial charge in [-0.2, -0.15) is 0 Å². The fourth-order valence-electron chi connectivity index (χ4n) is 0.971. The number of hydrogen-bond acceptors (Lipinski definition) is 1. The second-order valence-electron chi connectivity index (χ2n) is 2.81. The van der Waals surface area contributed by atoms with Crippen LogP contribution in [0.15, 0.2) is 12.1 Å². The van der Waals surface area contributed by atoms with Crippen molar-refractivity contribution in [2.45, 2.75) is 6.92 Å². The molecule has 0 atom stereocenters. The van der Waals surface area contributed by atoms with Crippen molar-refractivity contribution in [2.75, 3.05) is 5.73 Å². The quantitative estimate of drug-likeness (QED) is 0.366. The predicted molar refractivity (Wildman–Crippen MR) is 44.3 cm³/mol. The minimum absolute atomic E-state index is 0. The van der Waals surface area contributed by atoms with Gasteiger partial charge in [-0.3, -0.25) is 0 Å². The van der Waals surface area contributed by atoms with Crippen molar-refractivity contribution in [3.05, 3.63) is 23.5 Å². The van der Waals surface area contributed by atoms with Crippen LogP contribution in [0.2, 0.25) is 0 Å². The summed E-state index contributed by atoms with van der Waals surface area (Å²) in [4.78, 5) is 0. The molecule has 0 saturated heterocycles. The van der Waals surface area contributed by atoms with Gasteiger partial charge in [0.05, 0.1) is 5.69 Å². The maximum atomic E-state index is 12.8. The molecule has 7 heteroatoms. The Morgan fingerprint density at radius 1 is 1.21 bits per heavy atom. The molecule has 2 N–H and O–H groups in total. The van der Waals surface area contributed by atoms with Crippen LogP contribution in [0.25, 0.3) is 0 Å². The van der Waals surface area contributed by atoms with Gasteiger partial charge in [0, 0.05) is 0 Å². The number of halogens is 4. The van der Waals surface area contributed by atoms with Crippen LogP contribution in [-0.4, -0.2) is 6.98 Å². The molecule has 1 nitrogen and oxygen atoms in total. The van der Waals surface area contributed by atoms with Crippen molar-refractivity contribution >= 4 is 18.1 Å². The van der Waals surface area contributed by atoms with Gasteiger partial charge in [-0.05, 0) is 12.5 Å². The summed E-state index contributed by atoms with van der Waals surface area (Å²) < 4.78 is 49.2. The number of benzene rings is 1. The molecular weight excluding hydrogens is 224 g/mol. The van der Waals surface area contributed by atoms with E-state index in [2.05, 4.69) is 0 Å². The zero-order valence-corrected chi connectivity index (χ0v) is 10.9. The third kappa shape index (κ3) is 3.23. The summed E-state index contributed by atoms with van der Waals surface area (Å²) in [6, 6.07) is 1.26. The van der Waals surface area contributed by atoms with Gasteiger partial charge >= 0.3 is 58.4 Å². The first-order valence-corrected chi connectivity index (χ1v) is 3.58. The number of hydrogen-bond donors (Lipinski definition) is 1. The monoisotopic (exact) mass is 231 g/mol. The fraction of sp³-hybridized carbons (Fsp3) is 0.143. The molecule has 0 amide bonds. The summed E-state index contributed by atoms with van der Waals surface area (Å²) in [6.07, 6.45) is 0. The minimum Gasteiger partial charge on any atom is -0.445 e. The van der Waals surface area contributed by atoms with Crippen LogP contribution in [0.4, 0.5) is 23.0 Å². The van der Waals surface area contributed by atoms with Crippen LogP contribution >= 0.6 is 0 Å². The summed E-state index contributed by atoms with van der Waals surface area (Å²) in [6.45, 7) is -3.82. The standard InChI is InChI=1S/C7H7BF4N.K/c1-4-2-5(8(10,11)12)3-6(9)7(4)13;/h2-3H,13H2,1H3;/q-1;+1. The van der Waals surface area contributed by atoms with Gasteiger partial charge in [-0.1, -0.05) is 12.1 Å². The van der Waals surface area contributed by atoms with Crippen molar-refractivity contribution < 1.29 is 68.7 Å². The first-order valence-electron chi connectivity index (χ1n) is 3.58. The molecule has 0 bridgehead atoms. The number of nitrogens with two attached hydrogens (primary N) is 1. The first kappa shape index (κ1) is 14.4. The van der Waals surface area contributed by atoms with Crippen LogP contribution < -0.4 is 62.6 Å². The molecule has 0 aromatic heterocycles. The van der Waals surface area contributed by atoms with Crippen molar-refractivity contribution in [2.24, 2.45) is 0 Å². The molecule has 0 aliphatic rings. The number of aryl methyl sites for hydroxylation is 1. The second-order valence-corrected chi connectivity index (χ2v) is 2.81. The molecular formula is C7H7BF4KN. The summed E-state index contributed by atoms with van der Waals surface area (Å²) in [5, 5.41) is 0. The molecule has 0 aliphatic carbocycles. The fourth-order valence-corrected chi connectivity index (χ4v) is 0.971. The van der Waals surface area contributed by atoms with Gasteiger partial charge in [-0.25, -0.2) is 4.39 Å². The van der Waals surface area contributed by atoms with Gasteiger partial charge in [0.15, 0.2) is 0 Å². The Morgan fingerprint density at radius 3 is 2.07 bits per heavy atom. The maximum Gasteiger partial charge on any atom is 1.00 e. The van der Waals surface area contributed by atoms with E-state index in [1.807, 2.05) is 0 Å². The van der Waals surface area contributed by atoms with Gasteiger partial charge < -0.3 is 18.7 Å². The van der Waals surface area contributed by atoms with E-state index >= 15 is 0 Å². The van der Waals surface area contributed by atoms with Crippen LogP contribution in [0.3, 0.4) is 0 Å². The van der Waals surface area contributed by atoms with Gasteiger partial charge in [-0.15, -0.1) is 5.46 Å². The topological polar surface area (TPSA) is 26.0 Å². The maximum absolute atomic E-state index is 12.8. The van der Waals surface area contributed by atoms with Crippen LogP contribution in [-0.2, 0) is 0 Å². The van der Waals surface area contributed by atoms with E-state index in [4.69, 9.17) is 5.73 Å². The van der Waals surface area contributed by atoms with Gasteiger partial charge in [0.2, 0.25) is 0 Å². The number of anilines is 1. The zero-order valence-electron chi connectivity index (χ0n) is 7.82. The molecule has 0 spiro atoms. The summed E-state index contributed by atoms with van der Waals surface area (Å²) >= 11 is 0. The molecule has 0 radical (unpaired) electrons. The van der Waals surface area contributed by atoms with Crippen molar-refractivity contribution in [3.63, 3.8) is 0 Å². The van der Waals surface area contributed by atoms with E-state index < -0.39 is 18.3 Å². The normalized spacial score (nSPS) is 10.9. The van der Waals surface area contributed by atoms with Crippen LogP contribution in [0.1, 0.15) is 5.56 Å². The molecule has 0 aliphatic heterocycles. The predicted octanol–water partition coefficient (Wildman–Crippen LogP) is -1.23. The largest absolute Gasteiger partial charge is 1.00 e. The van der Waals surface area contributed by atoms with Crippen molar-refractivity contribution in [3.8, 4) is 0 Å². The number of nitrogen functional groups attached to an aromatic ring is 1. The Morgan fingerprint density at radius 2 is 1.71 bits per heavy atom. The third-order valence-corrected chi connectivity index (χ3v) is 1.74. The summed E-state index contributed by atoms with van der Waals surface area (Å²) in [5.41, 5.74) is 4.08. The molecule has 1 rings (SSSR count). The van der Waals surface area contributed by atoms with E-state index in [-0.39, 0.29) is 62.6 Å². The van der Waals surface area contributed by atoms with Gasteiger partial charge in [0.25, 0.3) is 0 Å². The van der Waals surface area contributed by atoms with Crippen molar-refractivity contribution in [1.82, 2.24) is 0 Å². The Kier molecular flexibility index (Phi) is 5.14. The molecule has 72 valence electrons. The first-order chi connectivity index (χ1) is 5.82. The average Bonchev–Trinajstić information content (AvgIpc) is 1.97. The second kappa shape index (κ2) is 4.98. The van der Waals surface area contributed by atoms with E-state index in [0.29, 0.717) is 6.07 Å². The average molecular weight is 231 g/mol. The van der Waals surface area contributed by atoms with E-state index in [9.17, 15) is 17.3 Å². The van der Waals surface area contributed by atoms with Crippen LogP contribution in [0.5, 0.6) is 0 Å². The Balaban J connectivity index is 0.00000169. The third-order valence-electron chi connectivity index (χ3n) is 1.74. The molecule has 0 saturated carbocycles. The Hall–Kier alpha value is 0.441. The molecule has 0 fully saturated rings. The smallest absolute Gasteiger partial charge is 0.445 e. The minimum atomic E-state index is -5.15. The zero-order chi connectivity index (χ0) is 10.2. The summed E-state index contributed by atoms with van der Waals surface area (Å²) in [7, 11) is 0. The molecule has 1 aromatic rings. The van der Waals surface area contributed by atoms with E-state index in [1.165, 1.54) is 6.92 Å². The van der Waals surface area contributed by atoms with E-state index in [0.717, 1.165) is 6.07 Å². The van der Waals surface area contributed by atoms with Crippen LogP contribution in [0, 0.1) is 12.7 Å². The van der Waals surface area contributed by atoms with Crippen molar-refractivity contribution in [1.29, 1.82) is 0 Å². The van der Waals surface area contributed by atoms with E-state index in [1.54, 1.807) is 0 Å². The summed E-state index contributed by atoms with van der Waals surface area (Å²) in [5.74, 6) is -1.02. The van der Waals surface area contributed by atoms with Gasteiger partial charge in [0.1, 0.15) is 5.82 Å². The SMILES string of the molecule is Cc1cc([B-](F)(F)F)cc(F)c1N.[K+]. The molecule has 14 heavy (non-hydrogen) atoms. The number of rotatable bonds is 1. The Bertz CT molecular complexity index is 316. The molecule has 0 unspecified atom stereocenters. The molecule has 0 heterocycles.